The lowest BCUT2D eigenvalue weighted by atomic mass is 10.2. The van der Waals surface area contributed by atoms with Gasteiger partial charge in [0.15, 0.2) is 0 Å². The van der Waals surface area contributed by atoms with Gasteiger partial charge in [-0.2, -0.15) is 0 Å². The van der Waals surface area contributed by atoms with E-state index in [2.05, 4.69) is 14.9 Å². The van der Waals surface area contributed by atoms with Crippen molar-refractivity contribution in [3.05, 3.63) is 18.1 Å². The van der Waals surface area contributed by atoms with Crippen molar-refractivity contribution in [3.63, 3.8) is 0 Å². The van der Waals surface area contributed by atoms with E-state index in [1.165, 1.54) is 25.7 Å². The predicted octanol–water partition coefficient (Wildman–Crippen LogP) is 0.677. The SMILES string of the molecule is NCc1cnc(N(CCO)C2CCCC2)cn1. The fraction of sp³-hybridized carbons (Fsp3) is 0.667. The molecule has 5 heteroatoms. The molecule has 1 aliphatic rings. The van der Waals surface area contributed by atoms with E-state index in [4.69, 9.17) is 10.8 Å². The summed E-state index contributed by atoms with van der Waals surface area (Å²) >= 11 is 0. The van der Waals surface area contributed by atoms with Crippen LogP contribution < -0.4 is 10.6 Å². The van der Waals surface area contributed by atoms with Gasteiger partial charge in [-0.3, -0.25) is 4.98 Å². The minimum atomic E-state index is 0.150. The van der Waals surface area contributed by atoms with Crippen LogP contribution in [0.2, 0.25) is 0 Å². The van der Waals surface area contributed by atoms with E-state index in [1.807, 2.05) is 0 Å². The van der Waals surface area contributed by atoms with Crippen molar-refractivity contribution < 1.29 is 5.11 Å². The van der Waals surface area contributed by atoms with Gasteiger partial charge in [0.05, 0.1) is 24.7 Å². The second kappa shape index (κ2) is 5.93. The fourth-order valence-electron chi connectivity index (χ4n) is 2.41. The van der Waals surface area contributed by atoms with Crippen LogP contribution in [0.4, 0.5) is 5.82 Å². The number of nitrogens with two attached hydrogens (primary N) is 1. The quantitative estimate of drug-likeness (QED) is 0.786. The normalized spacial score (nSPS) is 16.4. The van der Waals surface area contributed by atoms with Crippen molar-refractivity contribution in [2.75, 3.05) is 18.1 Å². The average Bonchev–Trinajstić information content (AvgIpc) is 2.90. The lowest BCUT2D eigenvalue weighted by molar-refractivity contribution is 0.296. The highest BCUT2D eigenvalue weighted by molar-refractivity contribution is 5.37. The molecule has 17 heavy (non-hydrogen) atoms. The van der Waals surface area contributed by atoms with Crippen molar-refractivity contribution in [1.82, 2.24) is 9.97 Å². The van der Waals surface area contributed by atoms with Crippen LogP contribution in [0.25, 0.3) is 0 Å². The summed E-state index contributed by atoms with van der Waals surface area (Å²) in [5.74, 6) is 0.850. The first-order valence-electron chi connectivity index (χ1n) is 6.23. The summed E-state index contributed by atoms with van der Waals surface area (Å²) in [4.78, 5) is 10.8. The molecule has 0 radical (unpaired) electrons. The summed E-state index contributed by atoms with van der Waals surface area (Å²) in [7, 11) is 0. The Labute approximate surface area is 102 Å². The molecule has 0 unspecified atom stereocenters. The molecule has 2 rings (SSSR count). The number of anilines is 1. The highest BCUT2D eigenvalue weighted by atomic mass is 16.3. The van der Waals surface area contributed by atoms with Gasteiger partial charge in [0.2, 0.25) is 0 Å². The van der Waals surface area contributed by atoms with Crippen molar-refractivity contribution in [1.29, 1.82) is 0 Å². The Morgan fingerprint density at radius 2 is 2.06 bits per heavy atom. The van der Waals surface area contributed by atoms with Crippen LogP contribution in [0.5, 0.6) is 0 Å². The summed E-state index contributed by atoms with van der Waals surface area (Å²) in [6.07, 6.45) is 8.37. The molecule has 3 N–H and O–H groups in total. The number of rotatable bonds is 5. The maximum Gasteiger partial charge on any atom is 0.147 e. The minimum Gasteiger partial charge on any atom is -0.395 e. The molecule has 5 nitrogen and oxygen atoms in total. The molecule has 0 amide bonds. The zero-order valence-corrected chi connectivity index (χ0v) is 10.0. The Balaban J connectivity index is 2.12. The molecular formula is C12H20N4O. The van der Waals surface area contributed by atoms with Gasteiger partial charge in [0.1, 0.15) is 5.82 Å². The third kappa shape index (κ3) is 2.92. The molecule has 1 saturated carbocycles. The highest BCUT2D eigenvalue weighted by Gasteiger charge is 2.23. The smallest absolute Gasteiger partial charge is 0.147 e. The number of hydrogen-bond donors (Lipinski definition) is 2. The molecule has 1 fully saturated rings. The summed E-state index contributed by atoms with van der Waals surface area (Å²) in [6.45, 7) is 1.19. The Kier molecular flexibility index (Phi) is 4.28. The van der Waals surface area contributed by atoms with Crippen molar-refractivity contribution in [2.24, 2.45) is 5.73 Å². The molecule has 94 valence electrons. The largest absolute Gasteiger partial charge is 0.395 e. The second-order valence-electron chi connectivity index (χ2n) is 4.43. The van der Waals surface area contributed by atoms with Gasteiger partial charge in [-0.1, -0.05) is 12.8 Å². The third-order valence-corrected chi connectivity index (χ3v) is 3.30. The maximum absolute atomic E-state index is 9.15. The molecule has 0 spiro atoms. The Morgan fingerprint density at radius 3 is 2.59 bits per heavy atom. The fourth-order valence-corrected chi connectivity index (χ4v) is 2.41. The first-order chi connectivity index (χ1) is 8.35. The van der Waals surface area contributed by atoms with Crippen LogP contribution in [0.3, 0.4) is 0 Å². The van der Waals surface area contributed by atoms with Gasteiger partial charge in [0, 0.05) is 19.1 Å². The van der Waals surface area contributed by atoms with Gasteiger partial charge in [-0.25, -0.2) is 4.98 Å². The van der Waals surface area contributed by atoms with Crippen LogP contribution in [0.15, 0.2) is 12.4 Å². The van der Waals surface area contributed by atoms with Gasteiger partial charge < -0.3 is 15.7 Å². The van der Waals surface area contributed by atoms with Crippen molar-refractivity contribution >= 4 is 5.82 Å². The second-order valence-corrected chi connectivity index (χ2v) is 4.43. The van der Waals surface area contributed by atoms with Crippen LogP contribution in [-0.4, -0.2) is 34.3 Å². The van der Waals surface area contributed by atoms with E-state index < -0.39 is 0 Å². The zero-order valence-electron chi connectivity index (χ0n) is 10.0. The summed E-state index contributed by atoms with van der Waals surface area (Å²) < 4.78 is 0. The van der Waals surface area contributed by atoms with Crippen LogP contribution in [0.1, 0.15) is 31.4 Å². The Hall–Kier alpha value is -1.20. The predicted molar refractivity (Wildman–Crippen MR) is 66.6 cm³/mol. The molecule has 1 aliphatic carbocycles. The molecule has 1 heterocycles. The molecular weight excluding hydrogens is 216 g/mol. The molecule has 1 aromatic heterocycles. The Bertz CT molecular complexity index is 335. The van der Waals surface area contributed by atoms with Crippen molar-refractivity contribution in [3.8, 4) is 0 Å². The molecule has 0 aromatic carbocycles. The van der Waals surface area contributed by atoms with Crippen LogP contribution in [-0.2, 0) is 6.54 Å². The molecule has 0 saturated heterocycles. The van der Waals surface area contributed by atoms with Gasteiger partial charge in [0.25, 0.3) is 0 Å². The standard InChI is InChI=1S/C12H20N4O/c13-7-10-8-15-12(9-14-10)16(5-6-17)11-3-1-2-4-11/h8-9,11,17H,1-7,13H2. The monoisotopic (exact) mass is 236 g/mol. The lowest BCUT2D eigenvalue weighted by Crippen LogP contribution is -2.36. The summed E-state index contributed by atoms with van der Waals surface area (Å²) in [5.41, 5.74) is 6.30. The minimum absolute atomic E-state index is 0.150. The number of hydrogen-bond acceptors (Lipinski definition) is 5. The summed E-state index contributed by atoms with van der Waals surface area (Å²) in [5, 5.41) is 9.15. The number of nitrogens with zero attached hydrogens (tertiary/aromatic N) is 3. The van der Waals surface area contributed by atoms with E-state index in [9.17, 15) is 0 Å². The van der Waals surface area contributed by atoms with E-state index >= 15 is 0 Å². The van der Waals surface area contributed by atoms with E-state index in [1.54, 1.807) is 12.4 Å². The lowest BCUT2D eigenvalue weighted by Gasteiger charge is -2.29. The average molecular weight is 236 g/mol. The van der Waals surface area contributed by atoms with E-state index in [0.717, 1.165) is 11.5 Å². The summed E-state index contributed by atoms with van der Waals surface area (Å²) in [6, 6.07) is 0.500. The Morgan fingerprint density at radius 1 is 1.29 bits per heavy atom. The molecule has 1 aromatic rings. The molecule has 0 aliphatic heterocycles. The molecule has 0 bridgehead atoms. The van der Waals surface area contributed by atoms with E-state index in [-0.39, 0.29) is 6.61 Å². The number of aliphatic hydroxyl groups excluding tert-OH is 1. The third-order valence-electron chi connectivity index (χ3n) is 3.30. The van der Waals surface area contributed by atoms with E-state index in [0.29, 0.717) is 19.1 Å². The number of aromatic nitrogens is 2. The van der Waals surface area contributed by atoms with Gasteiger partial charge >= 0.3 is 0 Å². The van der Waals surface area contributed by atoms with Crippen LogP contribution >= 0.6 is 0 Å². The van der Waals surface area contributed by atoms with Crippen molar-refractivity contribution in [2.45, 2.75) is 38.3 Å². The highest BCUT2D eigenvalue weighted by Crippen LogP contribution is 2.26. The topological polar surface area (TPSA) is 75.3 Å². The van der Waals surface area contributed by atoms with Gasteiger partial charge in [-0.05, 0) is 12.8 Å². The molecule has 0 atom stereocenters. The first-order valence-corrected chi connectivity index (χ1v) is 6.23. The maximum atomic E-state index is 9.15. The van der Waals surface area contributed by atoms with Crippen LogP contribution in [0, 0.1) is 0 Å². The number of aliphatic hydroxyl groups is 1. The van der Waals surface area contributed by atoms with Gasteiger partial charge in [-0.15, -0.1) is 0 Å². The first kappa shape index (κ1) is 12.3. The zero-order chi connectivity index (χ0) is 12.1.